The average molecular weight is 306 g/mol. The second-order valence-electron chi connectivity index (χ2n) is 5.34. The number of rotatable bonds is 1. The Hall–Kier alpha value is -3.08. The first-order chi connectivity index (χ1) is 11.2. The van der Waals surface area contributed by atoms with Crippen LogP contribution < -0.4 is 10.1 Å². The van der Waals surface area contributed by atoms with E-state index in [9.17, 15) is 4.79 Å². The number of carbonyl (C=O) groups excluding carboxylic acids is 1. The number of carbonyl (C=O) groups is 1. The Labute approximate surface area is 132 Å². The molecule has 0 saturated heterocycles. The standard InChI is InChI=1S/C18H14N2O3/c1-10-11-7-8-19-9-12(11)15(18(21)22-2)17-16(10)20-13-5-3-4-6-14(13)23-17/h3-9,20H,1-2H3. The number of esters is 1. The molecule has 0 fully saturated rings. The minimum Gasteiger partial charge on any atom is -0.465 e. The van der Waals surface area contributed by atoms with Gasteiger partial charge >= 0.3 is 5.97 Å². The zero-order valence-corrected chi connectivity index (χ0v) is 12.7. The highest BCUT2D eigenvalue weighted by Crippen LogP contribution is 2.48. The molecule has 0 bridgehead atoms. The van der Waals surface area contributed by atoms with Crippen LogP contribution in [0.15, 0.2) is 42.7 Å². The molecule has 5 nitrogen and oxygen atoms in total. The van der Waals surface area contributed by atoms with Crippen molar-refractivity contribution in [1.29, 1.82) is 0 Å². The van der Waals surface area contributed by atoms with Crippen LogP contribution in [0.2, 0.25) is 0 Å². The third kappa shape index (κ3) is 1.93. The molecule has 0 amide bonds. The van der Waals surface area contributed by atoms with Crippen molar-refractivity contribution in [3.63, 3.8) is 0 Å². The maximum Gasteiger partial charge on any atom is 0.342 e. The molecule has 1 aliphatic rings. The molecule has 4 rings (SSSR count). The lowest BCUT2D eigenvalue weighted by Gasteiger charge is -2.26. The molecule has 2 aromatic carbocycles. The van der Waals surface area contributed by atoms with Crippen molar-refractivity contribution in [2.75, 3.05) is 12.4 Å². The first-order valence-corrected chi connectivity index (χ1v) is 7.23. The van der Waals surface area contributed by atoms with E-state index in [0.717, 1.165) is 27.7 Å². The number of pyridine rings is 1. The summed E-state index contributed by atoms with van der Waals surface area (Å²) in [7, 11) is 1.36. The van der Waals surface area contributed by atoms with Crippen LogP contribution in [-0.2, 0) is 4.74 Å². The third-order valence-electron chi connectivity index (χ3n) is 4.07. The number of aromatic nitrogens is 1. The number of hydrogen-bond acceptors (Lipinski definition) is 5. The van der Waals surface area contributed by atoms with E-state index in [1.165, 1.54) is 7.11 Å². The molecule has 0 atom stereocenters. The number of benzene rings is 2. The molecule has 23 heavy (non-hydrogen) atoms. The van der Waals surface area contributed by atoms with E-state index >= 15 is 0 Å². The Morgan fingerprint density at radius 1 is 1.22 bits per heavy atom. The topological polar surface area (TPSA) is 60.5 Å². The van der Waals surface area contributed by atoms with Gasteiger partial charge in [-0.25, -0.2) is 4.79 Å². The lowest BCUT2D eigenvalue weighted by molar-refractivity contribution is 0.0600. The predicted octanol–water partition coefficient (Wildman–Crippen LogP) is 4.18. The van der Waals surface area contributed by atoms with Gasteiger partial charge in [0, 0.05) is 17.8 Å². The zero-order chi connectivity index (χ0) is 16.0. The molecule has 1 aromatic heterocycles. The summed E-state index contributed by atoms with van der Waals surface area (Å²) in [6, 6.07) is 9.50. The molecule has 1 aliphatic heterocycles. The molecular weight excluding hydrogens is 292 g/mol. The smallest absolute Gasteiger partial charge is 0.342 e. The van der Waals surface area contributed by atoms with Gasteiger partial charge in [-0.2, -0.15) is 0 Å². The summed E-state index contributed by atoms with van der Waals surface area (Å²) in [6.45, 7) is 1.99. The fraction of sp³-hybridized carbons (Fsp3) is 0.111. The Morgan fingerprint density at radius 2 is 2.04 bits per heavy atom. The number of ether oxygens (including phenoxy) is 2. The predicted molar refractivity (Wildman–Crippen MR) is 87.6 cm³/mol. The molecular formula is C18H14N2O3. The maximum atomic E-state index is 12.4. The molecule has 0 radical (unpaired) electrons. The van der Waals surface area contributed by atoms with Crippen LogP contribution in [-0.4, -0.2) is 18.1 Å². The molecule has 0 spiro atoms. The van der Waals surface area contributed by atoms with E-state index < -0.39 is 5.97 Å². The van der Waals surface area contributed by atoms with E-state index in [0.29, 0.717) is 17.1 Å². The van der Waals surface area contributed by atoms with Crippen molar-refractivity contribution in [3.8, 4) is 11.5 Å². The van der Waals surface area contributed by atoms with Crippen LogP contribution in [0.3, 0.4) is 0 Å². The van der Waals surface area contributed by atoms with Gasteiger partial charge in [-0.3, -0.25) is 4.98 Å². The highest BCUT2D eigenvalue weighted by atomic mass is 16.5. The van der Waals surface area contributed by atoms with Gasteiger partial charge in [0.15, 0.2) is 11.5 Å². The Morgan fingerprint density at radius 3 is 2.87 bits per heavy atom. The first kappa shape index (κ1) is 13.6. The van der Waals surface area contributed by atoms with E-state index in [1.807, 2.05) is 37.3 Å². The summed E-state index contributed by atoms with van der Waals surface area (Å²) in [5, 5.41) is 5.03. The number of nitrogens with one attached hydrogen (secondary N) is 1. The van der Waals surface area contributed by atoms with Gasteiger partial charge in [0.2, 0.25) is 0 Å². The molecule has 114 valence electrons. The average Bonchev–Trinajstić information content (AvgIpc) is 2.60. The van der Waals surface area contributed by atoms with E-state index in [2.05, 4.69) is 10.3 Å². The summed E-state index contributed by atoms with van der Waals surface area (Å²) in [4.78, 5) is 16.5. The summed E-state index contributed by atoms with van der Waals surface area (Å²) in [5.41, 5.74) is 3.04. The lowest BCUT2D eigenvalue weighted by atomic mass is 9.97. The highest BCUT2D eigenvalue weighted by Gasteiger charge is 2.28. The van der Waals surface area contributed by atoms with E-state index in [1.54, 1.807) is 12.4 Å². The molecule has 1 N–H and O–H groups in total. The Balaban J connectivity index is 2.07. The number of nitrogens with zero attached hydrogens (tertiary/aromatic N) is 1. The van der Waals surface area contributed by atoms with Crippen molar-refractivity contribution in [3.05, 3.63) is 53.9 Å². The van der Waals surface area contributed by atoms with Gasteiger partial charge in [-0.15, -0.1) is 0 Å². The van der Waals surface area contributed by atoms with Crippen molar-refractivity contribution in [1.82, 2.24) is 4.98 Å². The minimum absolute atomic E-state index is 0.387. The maximum absolute atomic E-state index is 12.4. The number of para-hydroxylation sites is 2. The Kier molecular flexibility index (Phi) is 2.94. The van der Waals surface area contributed by atoms with Gasteiger partial charge < -0.3 is 14.8 Å². The number of aryl methyl sites for hydroxylation is 1. The largest absolute Gasteiger partial charge is 0.465 e. The second kappa shape index (κ2) is 4.98. The van der Waals surface area contributed by atoms with Crippen molar-refractivity contribution in [2.24, 2.45) is 0 Å². The van der Waals surface area contributed by atoms with Crippen LogP contribution >= 0.6 is 0 Å². The number of methoxy groups -OCH3 is 1. The quantitative estimate of drug-likeness (QED) is 0.535. The molecule has 0 unspecified atom stereocenters. The SMILES string of the molecule is COC(=O)c1c2c(c(C)c3ccncc13)Nc1ccccc1O2. The number of anilines is 2. The van der Waals surface area contributed by atoms with Gasteiger partial charge in [0.25, 0.3) is 0 Å². The fourth-order valence-electron chi connectivity index (χ4n) is 2.93. The number of fused-ring (bicyclic) bond motifs is 3. The molecule has 5 heteroatoms. The highest BCUT2D eigenvalue weighted by molar-refractivity contribution is 6.11. The van der Waals surface area contributed by atoms with Crippen molar-refractivity contribution >= 4 is 28.1 Å². The summed E-state index contributed by atoms with van der Waals surface area (Å²) in [6.07, 6.45) is 3.37. The van der Waals surface area contributed by atoms with Gasteiger partial charge in [0.05, 0.1) is 18.5 Å². The van der Waals surface area contributed by atoms with Gasteiger partial charge in [-0.05, 0) is 36.1 Å². The van der Waals surface area contributed by atoms with Crippen LogP contribution in [0.4, 0.5) is 11.4 Å². The third-order valence-corrected chi connectivity index (χ3v) is 4.07. The molecule has 0 saturated carbocycles. The van der Waals surface area contributed by atoms with Crippen LogP contribution in [0.25, 0.3) is 10.8 Å². The second-order valence-corrected chi connectivity index (χ2v) is 5.34. The lowest BCUT2D eigenvalue weighted by Crippen LogP contribution is -2.12. The summed E-state index contributed by atoms with van der Waals surface area (Å²) >= 11 is 0. The zero-order valence-electron chi connectivity index (χ0n) is 12.7. The van der Waals surface area contributed by atoms with E-state index in [4.69, 9.17) is 9.47 Å². The van der Waals surface area contributed by atoms with E-state index in [-0.39, 0.29) is 0 Å². The Bertz CT molecular complexity index is 950. The van der Waals surface area contributed by atoms with Gasteiger partial charge in [-0.1, -0.05) is 12.1 Å². The van der Waals surface area contributed by atoms with Crippen molar-refractivity contribution in [2.45, 2.75) is 6.92 Å². The monoisotopic (exact) mass is 306 g/mol. The number of hydrogen-bond donors (Lipinski definition) is 1. The fourth-order valence-corrected chi connectivity index (χ4v) is 2.93. The molecule has 3 aromatic rings. The van der Waals surface area contributed by atoms with Crippen LogP contribution in [0.1, 0.15) is 15.9 Å². The van der Waals surface area contributed by atoms with Crippen molar-refractivity contribution < 1.29 is 14.3 Å². The van der Waals surface area contributed by atoms with Crippen LogP contribution in [0.5, 0.6) is 11.5 Å². The van der Waals surface area contributed by atoms with Gasteiger partial charge in [0.1, 0.15) is 5.56 Å². The normalized spacial score (nSPS) is 11.9. The first-order valence-electron chi connectivity index (χ1n) is 7.23. The molecule has 2 heterocycles. The summed E-state index contributed by atoms with van der Waals surface area (Å²) < 4.78 is 11.0. The summed E-state index contributed by atoms with van der Waals surface area (Å²) in [5.74, 6) is 0.710. The van der Waals surface area contributed by atoms with Crippen LogP contribution in [0, 0.1) is 6.92 Å². The minimum atomic E-state index is -0.444. The molecule has 0 aliphatic carbocycles.